The van der Waals surface area contributed by atoms with E-state index in [0.29, 0.717) is 5.88 Å². The Kier molecular flexibility index (Phi) is 2.69. The number of pyridine rings is 1. The van der Waals surface area contributed by atoms with Gasteiger partial charge in [-0.3, -0.25) is 0 Å². The Labute approximate surface area is 73.6 Å². The lowest BCUT2D eigenvalue weighted by Gasteiger charge is -1.97. The van der Waals surface area contributed by atoms with Crippen LogP contribution >= 0.6 is 27.5 Å². The lowest BCUT2D eigenvalue weighted by Crippen LogP contribution is -1.87. The second-order valence-corrected chi connectivity index (χ2v) is 3.06. The Balaban J connectivity index is 3.04. The van der Waals surface area contributed by atoms with Gasteiger partial charge in [-0.2, -0.15) is 0 Å². The molecule has 0 aliphatic heterocycles. The van der Waals surface area contributed by atoms with E-state index in [0.717, 1.165) is 15.9 Å². The number of aryl methyl sites for hydroxylation is 1. The fourth-order valence-corrected chi connectivity index (χ4v) is 1.12. The van der Waals surface area contributed by atoms with Crippen LogP contribution in [0, 0.1) is 6.92 Å². The van der Waals surface area contributed by atoms with Crippen LogP contribution in [0.5, 0.6) is 0 Å². The highest BCUT2D eigenvalue weighted by molar-refractivity contribution is 9.10. The van der Waals surface area contributed by atoms with E-state index in [2.05, 4.69) is 20.9 Å². The Morgan fingerprint density at radius 1 is 1.60 bits per heavy atom. The first kappa shape index (κ1) is 8.02. The van der Waals surface area contributed by atoms with E-state index < -0.39 is 0 Å². The molecule has 0 fully saturated rings. The summed E-state index contributed by atoms with van der Waals surface area (Å²) in [4.78, 5) is 4.18. The third-order valence-corrected chi connectivity index (χ3v) is 2.31. The second-order valence-electron chi connectivity index (χ2n) is 2.04. The Hall–Kier alpha value is -0.0800. The lowest BCUT2D eigenvalue weighted by molar-refractivity contribution is 1.11. The molecular formula is C7H7BrClN. The van der Waals surface area contributed by atoms with Gasteiger partial charge in [-0.05, 0) is 34.5 Å². The fraction of sp³-hybridized carbons (Fsp3) is 0.286. The number of hydrogen-bond acceptors (Lipinski definition) is 1. The van der Waals surface area contributed by atoms with Crippen LogP contribution < -0.4 is 0 Å². The zero-order valence-electron chi connectivity index (χ0n) is 5.56. The number of rotatable bonds is 1. The predicted octanol–water partition coefficient (Wildman–Crippen LogP) is 2.89. The minimum atomic E-state index is 0.471. The maximum atomic E-state index is 5.57. The SMILES string of the molecule is Cc1ccc(CCl)nc1Br. The molecule has 0 bridgehead atoms. The molecule has 0 aromatic carbocycles. The van der Waals surface area contributed by atoms with Gasteiger partial charge in [0.15, 0.2) is 0 Å². The maximum Gasteiger partial charge on any atom is 0.109 e. The maximum absolute atomic E-state index is 5.57. The Morgan fingerprint density at radius 2 is 2.30 bits per heavy atom. The largest absolute Gasteiger partial charge is 0.244 e. The molecule has 0 amide bonds. The minimum absolute atomic E-state index is 0.471. The van der Waals surface area contributed by atoms with Crippen molar-refractivity contribution in [3.63, 3.8) is 0 Å². The number of hydrogen-bond donors (Lipinski definition) is 0. The van der Waals surface area contributed by atoms with Gasteiger partial charge in [-0.25, -0.2) is 4.98 Å². The first-order valence-corrected chi connectivity index (χ1v) is 4.25. The zero-order valence-corrected chi connectivity index (χ0v) is 7.91. The van der Waals surface area contributed by atoms with Crippen LogP contribution in [0.3, 0.4) is 0 Å². The molecule has 1 aromatic rings. The highest BCUT2D eigenvalue weighted by Crippen LogP contribution is 2.13. The number of aromatic nitrogens is 1. The zero-order chi connectivity index (χ0) is 7.56. The first-order valence-electron chi connectivity index (χ1n) is 2.92. The van der Waals surface area contributed by atoms with Crippen molar-refractivity contribution in [2.45, 2.75) is 12.8 Å². The summed E-state index contributed by atoms with van der Waals surface area (Å²) >= 11 is 8.88. The van der Waals surface area contributed by atoms with Crippen molar-refractivity contribution < 1.29 is 0 Å². The average molecular weight is 220 g/mol. The van der Waals surface area contributed by atoms with Crippen LogP contribution in [0.1, 0.15) is 11.3 Å². The number of alkyl halides is 1. The van der Waals surface area contributed by atoms with Gasteiger partial charge in [-0.1, -0.05) is 6.07 Å². The van der Waals surface area contributed by atoms with Gasteiger partial charge in [0.2, 0.25) is 0 Å². The molecule has 0 N–H and O–H groups in total. The van der Waals surface area contributed by atoms with Gasteiger partial charge in [0.25, 0.3) is 0 Å². The van der Waals surface area contributed by atoms with Crippen molar-refractivity contribution in [3.05, 3.63) is 28.0 Å². The van der Waals surface area contributed by atoms with Crippen LogP contribution in [0.2, 0.25) is 0 Å². The van der Waals surface area contributed by atoms with Crippen LogP contribution in [0.15, 0.2) is 16.7 Å². The van der Waals surface area contributed by atoms with Crippen LogP contribution in [-0.2, 0) is 5.88 Å². The standard InChI is InChI=1S/C7H7BrClN/c1-5-2-3-6(4-9)10-7(5)8/h2-3H,4H2,1H3. The Morgan fingerprint density at radius 3 is 2.80 bits per heavy atom. The van der Waals surface area contributed by atoms with E-state index in [1.54, 1.807) is 0 Å². The van der Waals surface area contributed by atoms with E-state index in [9.17, 15) is 0 Å². The van der Waals surface area contributed by atoms with Gasteiger partial charge in [-0.15, -0.1) is 11.6 Å². The van der Waals surface area contributed by atoms with Gasteiger partial charge in [0.1, 0.15) is 4.60 Å². The molecule has 0 aliphatic rings. The Bertz CT molecular complexity index is 237. The van der Waals surface area contributed by atoms with Crippen molar-refractivity contribution in [1.82, 2.24) is 4.98 Å². The predicted molar refractivity (Wildman–Crippen MR) is 46.2 cm³/mol. The molecular weight excluding hydrogens is 213 g/mol. The molecule has 0 saturated heterocycles. The van der Waals surface area contributed by atoms with Gasteiger partial charge in [0.05, 0.1) is 11.6 Å². The topological polar surface area (TPSA) is 12.9 Å². The summed E-state index contributed by atoms with van der Waals surface area (Å²) in [6.07, 6.45) is 0. The highest BCUT2D eigenvalue weighted by atomic mass is 79.9. The molecule has 0 unspecified atom stereocenters. The molecule has 3 heteroatoms. The lowest BCUT2D eigenvalue weighted by atomic mass is 10.3. The quantitative estimate of drug-likeness (QED) is 0.524. The smallest absolute Gasteiger partial charge is 0.109 e. The van der Waals surface area contributed by atoms with Crippen molar-refractivity contribution in [3.8, 4) is 0 Å². The number of nitrogens with zero attached hydrogens (tertiary/aromatic N) is 1. The summed E-state index contributed by atoms with van der Waals surface area (Å²) in [5, 5.41) is 0. The highest BCUT2D eigenvalue weighted by Gasteiger charge is 1.96. The van der Waals surface area contributed by atoms with Gasteiger partial charge < -0.3 is 0 Å². The van der Waals surface area contributed by atoms with E-state index in [1.165, 1.54) is 0 Å². The van der Waals surface area contributed by atoms with Crippen molar-refractivity contribution in [2.24, 2.45) is 0 Å². The van der Waals surface area contributed by atoms with Crippen LogP contribution in [0.4, 0.5) is 0 Å². The van der Waals surface area contributed by atoms with Crippen LogP contribution in [0.25, 0.3) is 0 Å². The van der Waals surface area contributed by atoms with E-state index >= 15 is 0 Å². The molecule has 54 valence electrons. The molecule has 0 aliphatic carbocycles. The van der Waals surface area contributed by atoms with E-state index in [-0.39, 0.29) is 0 Å². The third-order valence-electron chi connectivity index (χ3n) is 1.23. The van der Waals surface area contributed by atoms with Crippen molar-refractivity contribution in [1.29, 1.82) is 0 Å². The molecule has 1 rings (SSSR count). The third kappa shape index (κ3) is 1.70. The summed E-state index contributed by atoms with van der Waals surface area (Å²) in [5.41, 5.74) is 2.04. The van der Waals surface area contributed by atoms with E-state index in [4.69, 9.17) is 11.6 Å². The summed E-state index contributed by atoms with van der Waals surface area (Å²) in [5.74, 6) is 0.471. The minimum Gasteiger partial charge on any atom is -0.244 e. The summed E-state index contributed by atoms with van der Waals surface area (Å²) in [6, 6.07) is 3.92. The van der Waals surface area contributed by atoms with Crippen LogP contribution in [-0.4, -0.2) is 4.98 Å². The van der Waals surface area contributed by atoms with Gasteiger partial charge >= 0.3 is 0 Å². The summed E-state index contributed by atoms with van der Waals surface area (Å²) in [6.45, 7) is 2.00. The first-order chi connectivity index (χ1) is 4.74. The van der Waals surface area contributed by atoms with Gasteiger partial charge in [0, 0.05) is 0 Å². The van der Waals surface area contributed by atoms with Crippen molar-refractivity contribution >= 4 is 27.5 Å². The second kappa shape index (κ2) is 3.35. The normalized spacial score (nSPS) is 9.90. The molecule has 1 heterocycles. The molecule has 0 radical (unpaired) electrons. The summed E-state index contributed by atoms with van der Waals surface area (Å²) < 4.78 is 0.880. The van der Waals surface area contributed by atoms with E-state index in [1.807, 2.05) is 19.1 Å². The molecule has 0 atom stereocenters. The molecule has 10 heavy (non-hydrogen) atoms. The average Bonchev–Trinajstić information content (AvgIpc) is 1.95. The fourth-order valence-electron chi connectivity index (χ4n) is 0.616. The molecule has 1 aromatic heterocycles. The van der Waals surface area contributed by atoms with Crippen molar-refractivity contribution in [2.75, 3.05) is 0 Å². The monoisotopic (exact) mass is 219 g/mol. The number of halogens is 2. The molecule has 0 saturated carbocycles. The summed E-state index contributed by atoms with van der Waals surface area (Å²) in [7, 11) is 0. The molecule has 1 nitrogen and oxygen atoms in total. The molecule has 0 spiro atoms.